The van der Waals surface area contributed by atoms with E-state index in [1.54, 1.807) is 11.1 Å². The fourth-order valence-electron chi connectivity index (χ4n) is 15.3. The molecule has 0 atom stereocenters. The van der Waals surface area contributed by atoms with Crippen molar-refractivity contribution in [1.82, 2.24) is 0 Å². The standard InChI is InChI=1S/C74H75ClO/c1-9-11-13-15-17-23-37-74(38-24-18-16-14-12-10-2)59-27-21-19-25-50(59)53-34-30-47(40-65(53)74)46-29-33-51-52-35-31-48(41-61(52)71(3,4)60(51)39-46)56-43-66-68(69-55-26-20-22-28-67(55)76-70(56)69)58-45-63-57(44-64(58)73(66,7)8)54-36-32-49(75)42-62(54)72(63,5)6/h19-22,25-36,39-45H,9-18,23-24,37-38H2,1-8H3. The van der Waals surface area contributed by atoms with E-state index in [1.165, 1.54) is 201 Å². The molecule has 4 aliphatic rings. The summed E-state index contributed by atoms with van der Waals surface area (Å²) in [5.41, 5.74) is 28.6. The molecule has 0 radical (unpaired) electrons. The molecule has 0 spiro atoms. The Morgan fingerprint density at radius 1 is 0.368 bits per heavy atom. The Bertz CT molecular complexity index is 3780. The van der Waals surface area contributed by atoms with Crippen LogP contribution >= 0.6 is 11.6 Å². The van der Waals surface area contributed by atoms with E-state index < -0.39 is 0 Å². The monoisotopic (exact) mass is 1010 g/mol. The van der Waals surface area contributed by atoms with Crippen LogP contribution in [0.5, 0.6) is 0 Å². The van der Waals surface area contributed by atoms with Gasteiger partial charge in [-0.15, -0.1) is 0 Å². The van der Waals surface area contributed by atoms with Crippen molar-refractivity contribution >= 4 is 33.5 Å². The number of furan rings is 1. The van der Waals surface area contributed by atoms with Crippen LogP contribution in [0.1, 0.15) is 190 Å². The fraction of sp³-hybridized carbons (Fsp3) is 0.351. The Kier molecular flexibility index (Phi) is 12.0. The number of fused-ring (bicyclic) bond motifs is 16. The van der Waals surface area contributed by atoms with Gasteiger partial charge in [0, 0.05) is 43.0 Å². The topological polar surface area (TPSA) is 13.1 Å². The summed E-state index contributed by atoms with van der Waals surface area (Å²) in [5.74, 6) is 0. The average Bonchev–Trinajstić information content (AvgIpc) is 4.35. The summed E-state index contributed by atoms with van der Waals surface area (Å²) in [4.78, 5) is 0. The molecule has 0 bridgehead atoms. The lowest BCUT2D eigenvalue weighted by molar-refractivity contribution is 0.398. The molecule has 1 nitrogen and oxygen atoms in total. The van der Waals surface area contributed by atoms with Crippen LogP contribution in [0.25, 0.3) is 88.7 Å². The lowest BCUT2D eigenvalue weighted by atomic mass is 9.70. The van der Waals surface area contributed by atoms with Gasteiger partial charge in [0.2, 0.25) is 0 Å². The molecule has 0 amide bonds. The Labute approximate surface area is 458 Å². The van der Waals surface area contributed by atoms with E-state index in [2.05, 4.69) is 189 Å². The molecule has 0 unspecified atom stereocenters. The predicted octanol–water partition coefficient (Wildman–Crippen LogP) is 22.3. The molecule has 9 aromatic rings. The molecule has 4 aliphatic carbocycles. The lowest BCUT2D eigenvalue weighted by Crippen LogP contribution is -2.25. The van der Waals surface area contributed by atoms with Crippen LogP contribution in [-0.4, -0.2) is 0 Å². The van der Waals surface area contributed by atoms with Crippen LogP contribution in [0.2, 0.25) is 5.02 Å². The van der Waals surface area contributed by atoms with Crippen LogP contribution in [-0.2, 0) is 21.7 Å². The number of benzene rings is 8. The first-order valence-electron chi connectivity index (χ1n) is 29.3. The third-order valence-corrected chi connectivity index (χ3v) is 19.8. The van der Waals surface area contributed by atoms with E-state index in [-0.39, 0.29) is 21.7 Å². The second-order valence-corrected chi connectivity index (χ2v) is 25.5. The summed E-state index contributed by atoms with van der Waals surface area (Å²) < 4.78 is 7.08. The highest BCUT2D eigenvalue weighted by Crippen LogP contribution is 2.61. The van der Waals surface area contributed by atoms with Gasteiger partial charge in [-0.05, 0) is 173 Å². The second kappa shape index (κ2) is 18.5. The predicted molar refractivity (Wildman–Crippen MR) is 324 cm³/mol. The van der Waals surface area contributed by atoms with E-state index in [0.29, 0.717) is 0 Å². The van der Waals surface area contributed by atoms with E-state index in [4.69, 9.17) is 16.0 Å². The zero-order valence-corrected chi connectivity index (χ0v) is 47.2. The Morgan fingerprint density at radius 3 is 1.51 bits per heavy atom. The first kappa shape index (κ1) is 49.4. The molecule has 384 valence electrons. The van der Waals surface area contributed by atoms with Gasteiger partial charge in [-0.3, -0.25) is 0 Å². The molecule has 2 heteroatoms. The number of rotatable bonds is 16. The van der Waals surface area contributed by atoms with Crippen molar-refractivity contribution in [2.24, 2.45) is 0 Å². The second-order valence-electron chi connectivity index (χ2n) is 25.1. The molecule has 8 aromatic carbocycles. The summed E-state index contributed by atoms with van der Waals surface area (Å²) >= 11 is 6.65. The third kappa shape index (κ3) is 7.44. The van der Waals surface area contributed by atoms with E-state index >= 15 is 0 Å². The Morgan fingerprint density at radius 2 is 0.829 bits per heavy atom. The van der Waals surface area contributed by atoms with Gasteiger partial charge in [0.05, 0.1) is 0 Å². The first-order chi connectivity index (χ1) is 36.8. The zero-order valence-electron chi connectivity index (χ0n) is 46.5. The van der Waals surface area contributed by atoms with Gasteiger partial charge in [0.1, 0.15) is 11.2 Å². The van der Waals surface area contributed by atoms with Crippen molar-refractivity contribution in [3.05, 3.63) is 189 Å². The quantitative estimate of drug-likeness (QED) is 0.0879. The van der Waals surface area contributed by atoms with Crippen LogP contribution in [0.4, 0.5) is 0 Å². The van der Waals surface area contributed by atoms with Gasteiger partial charge >= 0.3 is 0 Å². The molecule has 0 N–H and O–H groups in total. The zero-order chi connectivity index (χ0) is 52.3. The van der Waals surface area contributed by atoms with E-state index in [0.717, 1.165) is 16.2 Å². The van der Waals surface area contributed by atoms with E-state index in [1.807, 2.05) is 6.07 Å². The molecule has 1 aromatic heterocycles. The average molecular weight is 1020 g/mol. The number of hydrogen-bond donors (Lipinski definition) is 0. The number of halogens is 1. The molecular formula is C74H75ClO. The molecule has 76 heavy (non-hydrogen) atoms. The third-order valence-electron chi connectivity index (χ3n) is 19.5. The summed E-state index contributed by atoms with van der Waals surface area (Å²) in [6, 6.07) is 54.3. The SMILES string of the molecule is CCCCCCCCC1(CCCCCCCC)c2ccccc2-c2ccc(-c3ccc4c(c3)C(C)(C)c3cc(-c5cc6c(c7c5oc5ccccc57)-c5cc7c(cc5C6(C)C)-c5ccc(Cl)cc5C7(C)C)ccc3-4)cc21. The van der Waals surface area contributed by atoms with Crippen LogP contribution < -0.4 is 0 Å². The normalized spacial score (nSPS) is 16.1. The maximum absolute atomic E-state index is 7.08. The molecular weight excluding hydrogens is 940 g/mol. The maximum atomic E-state index is 7.08. The van der Waals surface area contributed by atoms with Gasteiger partial charge in [-0.1, -0.05) is 229 Å². The van der Waals surface area contributed by atoms with Crippen molar-refractivity contribution in [3.63, 3.8) is 0 Å². The lowest BCUT2D eigenvalue weighted by Gasteiger charge is -2.33. The largest absolute Gasteiger partial charge is 0.455 e. The van der Waals surface area contributed by atoms with Gasteiger partial charge in [-0.2, -0.15) is 0 Å². The summed E-state index contributed by atoms with van der Waals surface area (Å²) in [7, 11) is 0. The molecule has 0 aliphatic heterocycles. The first-order valence-corrected chi connectivity index (χ1v) is 29.7. The fourth-order valence-corrected chi connectivity index (χ4v) is 15.5. The smallest absolute Gasteiger partial charge is 0.143 e. The summed E-state index contributed by atoms with van der Waals surface area (Å²) in [6.45, 7) is 19.1. The number of unbranched alkanes of at least 4 members (excludes halogenated alkanes) is 10. The highest BCUT2D eigenvalue weighted by Gasteiger charge is 2.45. The molecule has 0 saturated heterocycles. The molecule has 0 fully saturated rings. The molecule has 1 heterocycles. The minimum absolute atomic E-state index is 0.0549. The Balaban J connectivity index is 0.880. The minimum Gasteiger partial charge on any atom is -0.455 e. The number of hydrogen-bond acceptors (Lipinski definition) is 1. The maximum Gasteiger partial charge on any atom is 0.143 e. The van der Waals surface area contributed by atoms with Gasteiger partial charge < -0.3 is 4.42 Å². The van der Waals surface area contributed by atoms with Crippen LogP contribution in [0.3, 0.4) is 0 Å². The van der Waals surface area contributed by atoms with Crippen molar-refractivity contribution in [2.45, 2.75) is 167 Å². The highest BCUT2D eigenvalue weighted by atomic mass is 35.5. The highest BCUT2D eigenvalue weighted by molar-refractivity contribution is 6.30. The minimum atomic E-state index is -0.245. The van der Waals surface area contributed by atoms with Crippen LogP contribution in [0.15, 0.2) is 144 Å². The molecule has 0 saturated carbocycles. The Hall–Kier alpha value is -6.15. The van der Waals surface area contributed by atoms with Crippen molar-refractivity contribution in [1.29, 1.82) is 0 Å². The van der Waals surface area contributed by atoms with Crippen molar-refractivity contribution in [2.75, 3.05) is 0 Å². The summed E-state index contributed by atoms with van der Waals surface area (Å²) in [5, 5.41) is 3.19. The van der Waals surface area contributed by atoms with Gasteiger partial charge in [0.25, 0.3) is 0 Å². The van der Waals surface area contributed by atoms with Crippen molar-refractivity contribution in [3.8, 4) is 66.8 Å². The van der Waals surface area contributed by atoms with E-state index in [9.17, 15) is 0 Å². The molecule has 13 rings (SSSR count). The van der Waals surface area contributed by atoms with Gasteiger partial charge in [-0.25, -0.2) is 0 Å². The van der Waals surface area contributed by atoms with Crippen molar-refractivity contribution < 1.29 is 4.42 Å². The summed E-state index contributed by atoms with van der Waals surface area (Å²) in [6.07, 6.45) is 18.4. The van der Waals surface area contributed by atoms with Crippen LogP contribution in [0, 0.1) is 0 Å². The number of para-hydroxylation sites is 1. The van der Waals surface area contributed by atoms with Gasteiger partial charge in [0.15, 0.2) is 0 Å².